The maximum Gasteiger partial charge on any atom is 0.410 e. The molecule has 1 aliphatic heterocycles. The number of hydrogen-bond acceptors (Lipinski definition) is 6. The lowest BCUT2D eigenvalue weighted by Crippen LogP contribution is -2.40. The first kappa shape index (κ1) is 22.8. The summed E-state index contributed by atoms with van der Waals surface area (Å²) < 4.78 is 29.8. The molecule has 3 N–H and O–H groups in total. The van der Waals surface area contributed by atoms with Gasteiger partial charge in [0.15, 0.2) is 5.69 Å². The van der Waals surface area contributed by atoms with Crippen LogP contribution in [0.3, 0.4) is 0 Å². The van der Waals surface area contributed by atoms with E-state index in [2.05, 4.69) is 10.4 Å². The predicted molar refractivity (Wildman–Crippen MR) is 113 cm³/mol. The second-order valence-electron chi connectivity index (χ2n) is 8.42. The van der Waals surface area contributed by atoms with E-state index in [1.807, 2.05) is 0 Å². The van der Waals surface area contributed by atoms with Crippen molar-refractivity contribution in [3.63, 3.8) is 0 Å². The Kier molecular flexibility index (Phi) is 6.10. The minimum absolute atomic E-state index is 0.00334. The first-order valence-electron chi connectivity index (χ1n) is 9.78. The molecule has 1 aromatic carbocycles. The first-order chi connectivity index (χ1) is 14.3. The van der Waals surface area contributed by atoms with Gasteiger partial charge < -0.3 is 15.0 Å². The SMILES string of the molecule is Cn1nc(C(=O)NCc2ccc(S(N)(=O)=O)cc2)c2c1CCN(C(=O)OC(C)(C)C)C2. The van der Waals surface area contributed by atoms with Gasteiger partial charge in [-0.05, 0) is 38.5 Å². The molecular formula is C20H27N5O5S. The number of nitrogens with zero attached hydrogens (tertiary/aromatic N) is 3. The Morgan fingerprint density at radius 2 is 1.87 bits per heavy atom. The average molecular weight is 450 g/mol. The standard InChI is InChI=1S/C20H27N5O5S/c1-20(2,3)30-19(27)25-10-9-16-15(12-25)17(23-24(16)4)18(26)22-11-13-5-7-14(8-6-13)31(21,28)29/h5-8H,9-12H2,1-4H3,(H,22,26)(H2,21,28,29). The normalized spacial score (nSPS) is 14.2. The third-order valence-electron chi connectivity index (χ3n) is 4.81. The minimum Gasteiger partial charge on any atom is -0.444 e. The van der Waals surface area contributed by atoms with Crippen molar-refractivity contribution in [1.82, 2.24) is 20.0 Å². The molecule has 2 aromatic rings. The zero-order valence-corrected chi connectivity index (χ0v) is 18.8. The molecule has 0 saturated carbocycles. The van der Waals surface area contributed by atoms with E-state index in [4.69, 9.17) is 9.88 Å². The predicted octanol–water partition coefficient (Wildman–Crippen LogP) is 1.29. The largest absolute Gasteiger partial charge is 0.444 e. The lowest BCUT2D eigenvalue weighted by atomic mass is 10.0. The summed E-state index contributed by atoms with van der Waals surface area (Å²) in [5, 5.41) is 12.2. The highest BCUT2D eigenvalue weighted by Gasteiger charge is 2.31. The van der Waals surface area contributed by atoms with Crippen molar-refractivity contribution in [2.45, 2.75) is 50.8 Å². The number of carbonyl (C=O) groups excluding carboxylic acids is 2. The number of amides is 2. The van der Waals surface area contributed by atoms with E-state index in [-0.39, 0.29) is 29.6 Å². The maximum atomic E-state index is 12.8. The Labute approximate surface area is 181 Å². The number of aromatic nitrogens is 2. The van der Waals surface area contributed by atoms with Crippen molar-refractivity contribution < 1.29 is 22.7 Å². The van der Waals surface area contributed by atoms with Gasteiger partial charge in [-0.15, -0.1) is 0 Å². The minimum atomic E-state index is -3.77. The first-order valence-corrected chi connectivity index (χ1v) is 11.3. The highest BCUT2D eigenvalue weighted by Crippen LogP contribution is 2.24. The van der Waals surface area contributed by atoms with Crippen LogP contribution in [0.5, 0.6) is 0 Å². The maximum absolute atomic E-state index is 12.8. The van der Waals surface area contributed by atoms with Crippen LogP contribution in [-0.2, 0) is 41.3 Å². The molecule has 3 rings (SSSR count). The van der Waals surface area contributed by atoms with E-state index in [1.165, 1.54) is 12.1 Å². The molecule has 0 spiro atoms. The number of benzene rings is 1. The summed E-state index contributed by atoms with van der Waals surface area (Å²) >= 11 is 0. The van der Waals surface area contributed by atoms with E-state index in [0.29, 0.717) is 24.1 Å². The Hall–Kier alpha value is -2.92. The molecule has 2 amide bonds. The lowest BCUT2D eigenvalue weighted by molar-refractivity contribution is 0.0221. The number of carbonyl (C=O) groups is 2. The fraction of sp³-hybridized carbons (Fsp3) is 0.450. The number of ether oxygens (including phenoxy) is 1. The summed E-state index contributed by atoms with van der Waals surface area (Å²) in [7, 11) is -2.00. The van der Waals surface area contributed by atoms with Crippen molar-refractivity contribution in [2.75, 3.05) is 6.54 Å². The van der Waals surface area contributed by atoms with Crippen molar-refractivity contribution in [3.05, 3.63) is 46.8 Å². The summed E-state index contributed by atoms with van der Waals surface area (Å²) in [6.07, 6.45) is 0.142. The molecule has 2 heterocycles. The van der Waals surface area contributed by atoms with E-state index < -0.39 is 21.7 Å². The Morgan fingerprint density at radius 1 is 1.23 bits per heavy atom. The summed E-state index contributed by atoms with van der Waals surface area (Å²) in [5.74, 6) is -0.376. The summed E-state index contributed by atoms with van der Waals surface area (Å²) in [4.78, 5) is 26.8. The molecule has 11 heteroatoms. The van der Waals surface area contributed by atoms with Gasteiger partial charge in [-0.1, -0.05) is 12.1 Å². The monoisotopic (exact) mass is 449 g/mol. The molecule has 1 aromatic heterocycles. The van der Waals surface area contributed by atoms with Gasteiger partial charge >= 0.3 is 6.09 Å². The van der Waals surface area contributed by atoms with Crippen molar-refractivity contribution in [3.8, 4) is 0 Å². The van der Waals surface area contributed by atoms with Gasteiger partial charge in [0.05, 0.1) is 11.4 Å². The number of primary sulfonamides is 1. The molecule has 0 radical (unpaired) electrons. The molecular weight excluding hydrogens is 422 g/mol. The lowest BCUT2D eigenvalue weighted by Gasteiger charge is -2.30. The number of nitrogens with one attached hydrogen (secondary N) is 1. The van der Waals surface area contributed by atoms with E-state index in [1.54, 1.807) is 49.5 Å². The molecule has 10 nitrogen and oxygen atoms in total. The van der Waals surface area contributed by atoms with Gasteiger partial charge in [-0.2, -0.15) is 5.10 Å². The highest BCUT2D eigenvalue weighted by atomic mass is 32.2. The molecule has 0 bridgehead atoms. The Morgan fingerprint density at radius 3 is 2.45 bits per heavy atom. The average Bonchev–Trinajstić information content (AvgIpc) is 3.00. The quantitative estimate of drug-likeness (QED) is 0.722. The number of aryl methyl sites for hydroxylation is 1. The van der Waals surface area contributed by atoms with Crippen LogP contribution in [0.25, 0.3) is 0 Å². The van der Waals surface area contributed by atoms with Crippen molar-refractivity contribution in [2.24, 2.45) is 12.2 Å². The molecule has 0 saturated heterocycles. The van der Waals surface area contributed by atoms with Crippen LogP contribution in [0.15, 0.2) is 29.2 Å². The summed E-state index contributed by atoms with van der Waals surface area (Å²) in [6.45, 7) is 6.32. The van der Waals surface area contributed by atoms with Crippen molar-refractivity contribution in [1.29, 1.82) is 0 Å². The summed E-state index contributed by atoms with van der Waals surface area (Å²) in [6, 6.07) is 5.94. The smallest absolute Gasteiger partial charge is 0.410 e. The fourth-order valence-electron chi connectivity index (χ4n) is 3.32. The second-order valence-corrected chi connectivity index (χ2v) is 9.98. The van der Waals surface area contributed by atoms with Gasteiger partial charge in [-0.25, -0.2) is 18.4 Å². The van der Waals surface area contributed by atoms with Crippen LogP contribution in [0.1, 0.15) is 48.1 Å². The van der Waals surface area contributed by atoms with Crippen LogP contribution in [0.4, 0.5) is 4.79 Å². The highest BCUT2D eigenvalue weighted by molar-refractivity contribution is 7.89. The number of hydrogen-bond donors (Lipinski definition) is 2. The van der Waals surface area contributed by atoms with Gasteiger partial charge in [-0.3, -0.25) is 9.48 Å². The molecule has 0 aliphatic carbocycles. The zero-order chi connectivity index (χ0) is 23.0. The van der Waals surface area contributed by atoms with E-state index >= 15 is 0 Å². The van der Waals surface area contributed by atoms with Gasteiger partial charge in [0, 0.05) is 37.8 Å². The van der Waals surface area contributed by atoms with Crippen LogP contribution >= 0.6 is 0 Å². The van der Waals surface area contributed by atoms with Crippen molar-refractivity contribution >= 4 is 22.0 Å². The van der Waals surface area contributed by atoms with Crippen LogP contribution in [-0.4, -0.2) is 47.2 Å². The number of nitrogens with two attached hydrogens (primary N) is 1. The molecule has 168 valence electrons. The van der Waals surface area contributed by atoms with Crippen LogP contribution in [0.2, 0.25) is 0 Å². The third-order valence-corrected chi connectivity index (χ3v) is 5.74. The van der Waals surface area contributed by atoms with Gasteiger partial charge in [0.1, 0.15) is 5.60 Å². The fourth-order valence-corrected chi connectivity index (χ4v) is 3.84. The number of sulfonamides is 1. The number of fused-ring (bicyclic) bond motifs is 1. The number of rotatable bonds is 4. The zero-order valence-electron chi connectivity index (χ0n) is 18.0. The Balaban J connectivity index is 1.71. The Bertz CT molecular complexity index is 1100. The van der Waals surface area contributed by atoms with Gasteiger partial charge in [0.25, 0.3) is 5.91 Å². The second kappa shape index (κ2) is 8.31. The topological polar surface area (TPSA) is 137 Å². The summed E-state index contributed by atoms with van der Waals surface area (Å²) in [5.41, 5.74) is 1.96. The molecule has 0 unspecified atom stereocenters. The third kappa shape index (κ3) is 5.42. The van der Waals surface area contributed by atoms with E-state index in [0.717, 1.165) is 5.69 Å². The molecule has 31 heavy (non-hydrogen) atoms. The molecule has 0 atom stereocenters. The van der Waals surface area contributed by atoms with E-state index in [9.17, 15) is 18.0 Å². The van der Waals surface area contributed by atoms with Crippen LogP contribution in [0, 0.1) is 0 Å². The molecule has 0 fully saturated rings. The van der Waals surface area contributed by atoms with Crippen LogP contribution < -0.4 is 10.5 Å². The van der Waals surface area contributed by atoms with Gasteiger partial charge in [0.2, 0.25) is 10.0 Å². The molecule has 1 aliphatic rings.